The normalized spacial score (nSPS) is 13.5. The smallest absolute Gasteiger partial charge is 0.343 e. The molecule has 0 fully saturated rings. The fourth-order valence-electron chi connectivity index (χ4n) is 3.18. The van der Waals surface area contributed by atoms with Crippen LogP contribution in [0.25, 0.3) is 6.08 Å². The van der Waals surface area contributed by atoms with Gasteiger partial charge in [0.2, 0.25) is 5.78 Å². The molecule has 0 N–H and O–H groups in total. The first-order valence-electron chi connectivity index (χ1n) is 9.27. The Morgan fingerprint density at radius 2 is 1.81 bits per heavy atom. The van der Waals surface area contributed by atoms with Crippen LogP contribution < -0.4 is 18.9 Å². The first-order chi connectivity index (χ1) is 15.0. The first-order valence-corrected chi connectivity index (χ1v) is 9.65. The fourth-order valence-corrected chi connectivity index (χ4v) is 3.37. The number of carbonyl (C=O) groups is 2. The molecule has 3 aromatic carbocycles. The van der Waals surface area contributed by atoms with Gasteiger partial charge < -0.3 is 18.9 Å². The van der Waals surface area contributed by atoms with E-state index in [4.69, 9.17) is 30.5 Å². The summed E-state index contributed by atoms with van der Waals surface area (Å²) in [6.45, 7) is 0. The summed E-state index contributed by atoms with van der Waals surface area (Å²) in [5.41, 5.74) is 1.32. The summed E-state index contributed by atoms with van der Waals surface area (Å²) in [6, 6.07) is 16.4. The van der Waals surface area contributed by atoms with Crippen LogP contribution >= 0.6 is 11.6 Å². The zero-order valence-corrected chi connectivity index (χ0v) is 17.4. The molecule has 156 valence electrons. The van der Waals surface area contributed by atoms with Gasteiger partial charge in [0, 0.05) is 16.7 Å². The van der Waals surface area contributed by atoms with E-state index in [9.17, 15) is 9.59 Å². The molecule has 0 bridgehead atoms. The van der Waals surface area contributed by atoms with Gasteiger partial charge in [0.15, 0.2) is 17.3 Å². The van der Waals surface area contributed by atoms with Crippen molar-refractivity contribution in [2.24, 2.45) is 0 Å². The summed E-state index contributed by atoms with van der Waals surface area (Å²) in [5, 5.41) is 0.431. The molecular weight excluding hydrogens is 420 g/mol. The number of fused-ring (bicyclic) bond motifs is 1. The van der Waals surface area contributed by atoms with Gasteiger partial charge in [0.1, 0.15) is 11.5 Å². The summed E-state index contributed by atoms with van der Waals surface area (Å²) in [6.07, 6.45) is 1.58. The molecule has 1 aliphatic heterocycles. The van der Waals surface area contributed by atoms with E-state index in [1.165, 1.54) is 32.4 Å². The monoisotopic (exact) mass is 436 g/mol. The minimum atomic E-state index is -0.566. The lowest BCUT2D eigenvalue weighted by atomic mass is 10.1. The van der Waals surface area contributed by atoms with Crippen LogP contribution in [0.5, 0.6) is 23.0 Å². The van der Waals surface area contributed by atoms with Crippen LogP contribution in [0.4, 0.5) is 0 Å². The minimum absolute atomic E-state index is 0.125. The molecule has 0 saturated heterocycles. The number of ether oxygens (including phenoxy) is 4. The summed E-state index contributed by atoms with van der Waals surface area (Å²) in [7, 11) is 3.06. The average Bonchev–Trinajstić information content (AvgIpc) is 3.08. The van der Waals surface area contributed by atoms with Crippen molar-refractivity contribution < 1.29 is 28.5 Å². The van der Waals surface area contributed by atoms with Gasteiger partial charge in [-0.25, -0.2) is 4.79 Å². The number of hydrogen-bond donors (Lipinski definition) is 0. The number of hydrogen-bond acceptors (Lipinski definition) is 6. The largest absolute Gasteiger partial charge is 0.493 e. The molecule has 0 atom stereocenters. The van der Waals surface area contributed by atoms with E-state index >= 15 is 0 Å². The molecule has 1 heterocycles. The predicted octanol–water partition coefficient (Wildman–Crippen LogP) is 5.19. The highest BCUT2D eigenvalue weighted by Crippen LogP contribution is 2.37. The maximum atomic E-state index is 12.8. The lowest BCUT2D eigenvalue weighted by Gasteiger charge is -2.10. The fraction of sp³-hybridized carbons (Fsp3) is 0.0833. The Kier molecular flexibility index (Phi) is 5.64. The highest BCUT2D eigenvalue weighted by atomic mass is 35.5. The number of allylic oxidation sites excluding steroid dienone is 1. The zero-order valence-electron chi connectivity index (χ0n) is 16.7. The molecule has 31 heavy (non-hydrogen) atoms. The van der Waals surface area contributed by atoms with E-state index in [0.717, 1.165) is 0 Å². The number of ketones is 1. The van der Waals surface area contributed by atoms with Crippen molar-refractivity contribution in [3.05, 3.63) is 88.1 Å². The number of carbonyl (C=O) groups excluding carboxylic acids is 2. The van der Waals surface area contributed by atoms with Crippen LogP contribution in [0.2, 0.25) is 5.02 Å². The third-order valence-corrected chi connectivity index (χ3v) is 4.87. The molecule has 0 aliphatic carbocycles. The average molecular weight is 437 g/mol. The molecule has 7 heteroatoms. The highest BCUT2D eigenvalue weighted by molar-refractivity contribution is 6.30. The van der Waals surface area contributed by atoms with Gasteiger partial charge in [-0.15, -0.1) is 0 Å². The second-order valence-electron chi connectivity index (χ2n) is 6.58. The number of rotatable bonds is 5. The van der Waals surface area contributed by atoms with E-state index in [2.05, 4.69) is 0 Å². The van der Waals surface area contributed by atoms with Crippen LogP contribution in [0, 0.1) is 0 Å². The molecule has 0 amide bonds. The van der Waals surface area contributed by atoms with Crippen LogP contribution in [-0.4, -0.2) is 26.0 Å². The standard InChI is InChI=1S/C24H17ClO6/c1-28-19-8-4-5-14(23(19)29-2)12-21-22(26)18-10-9-17(13-20(18)31-21)30-24(27)15-6-3-7-16(25)11-15/h3-13H,1-2H3/b21-12-. The molecule has 0 saturated carbocycles. The number of halogens is 1. The summed E-state index contributed by atoms with van der Waals surface area (Å²) in [4.78, 5) is 25.1. The van der Waals surface area contributed by atoms with E-state index in [1.807, 2.05) is 0 Å². The Hall–Kier alpha value is -3.77. The van der Waals surface area contributed by atoms with Crippen molar-refractivity contribution in [2.45, 2.75) is 0 Å². The molecule has 0 radical (unpaired) electrons. The Balaban J connectivity index is 1.59. The summed E-state index contributed by atoms with van der Waals surface area (Å²) >= 11 is 5.92. The van der Waals surface area contributed by atoms with Crippen molar-refractivity contribution in [3.8, 4) is 23.0 Å². The second kappa shape index (κ2) is 8.53. The Morgan fingerprint density at radius 3 is 2.55 bits per heavy atom. The molecule has 0 aromatic heterocycles. The topological polar surface area (TPSA) is 71.1 Å². The number of methoxy groups -OCH3 is 2. The lowest BCUT2D eigenvalue weighted by Crippen LogP contribution is -2.08. The molecule has 0 unspecified atom stereocenters. The molecule has 0 spiro atoms. The van der Waals surface area contributed by atoms with Crippen LogP contribution in [0.3, 0.4) is 0 Å². The quantitative estimate of drug-likeness (QED) is 0.311. The number of benzene rings is 3. The van der Waals surface area contributed by atoms with Crippen LogP contribution in [-0.2, 0) is 0 Å². The predicted molar refractivity (Wildman–Crippen MR) is 115 cm³/mol. The Morgan fingerprint density at radius 1 is 1.00 bits per heavy atom. The van der Waals surface area contributed by atoms with Crippen molar-refractivity contribution in [1.82, 2.24) is 0 Å². The summed E-state index contributed by atoms with van der Waals surface area (Å²) in [5.74, 6) is 0.846. The molecule has 6 nitrogen and oxygen atoms in total. The zero-order chi connectivity index (χ0) is 22.0. The van der Waals surface area contributed by atoms with Gasteiger partial charge in [-0.1, -0.05) is 29.8 Å². The van der Waals surface area contributed by atoms with Gasteiger partial charge in [-0.05, 0) is 42.5 Å². The van der Waals surface area contributed by atoms with Crippen molar-refractivity contribution in [3.63, 3.8) is 0 Å². The van der Waals surface area contributed by atoms with Gasteiger partial charge in [0.25, 0.3) is 0 Å². The van der Waals surface area contributed by atoms with Crippen molar-refractivity contribution >= 4 is 29.4 Å². The highest BCUT2D eigenvalue weighted by Gasteiger charge is 2.28. The Bertz CT molecular complexity index is 1210. The molecular formula is C24H17ClO6. The number of Topliss-reactive ketones (excluding diaryl/α,β-unsaturated/α-hetero) is 1. The Labute approximate surface area is 183 Å². The van der Waals surface area contributed by atoms with E-state index in [-0.39, 0.29) is 17.3 Å². The maximum absolute atomic E-state index is 12.8. The third-order valence-electron chi connectivity index (χ3n) is 4.63. The first kappa shape index (κ1) is 20.5. The van der Waals surface area contributed by atoms with Crippen molar-refractivity contribution in [1.29, 1.82) is 0 Å². The van der Waals surface area contributed by atoms with Gasteiger partial charge in [-0.2, -0.15) is 0 Å². The van der Waals surface area contributed by atoms with Gasteiger partial charge in [-0.3, -0.25) is 4.79 Å². The summed E-state index contributed by atoms with van der Waals surface area (Å²) < 4.78 is 21.8. The SMILES string of the molecule is COc1cccc(/C=C2\Oc3cc(OC(=O)c4cccc(Cl)c4)ccc3C2=O)c1OC. The van der Waals surface area contributed by atoms with Gasteiger partial charge >= 0.3 is 5.97 Å². The second-order valence-corrected chi connectivity index (χ2v) is 7.02. The number of esters is 1. The maximum Gasteiger partial charge on any atom is 0.343 e. The molecule has 1 aliphatic rings. The molecule has 4 rings (SSSR count). The number of para-hydroxylation sites is 1. The van der Waals surface area contributed by atoms with Crippen LogP contribution in [0.15, 0.2) is 66.4 Å². The van der Waals surface area contributed by atoms with E-state index < -0.39 is 5.97 Å². The van der Waals surface area contributed by atoms with E-state index in [0.29, 0.717) is 39.0 Å². The third kappa shape index (κ3) is 4.11. The lowest BCUT2D eigenvalue weighted by molar-refractivity contribution is 0.0734. The van der Waals surface area contributed by atoms with Gasteiger partial charge in [0.05, 0.1) is 25.3 Å². The van der Waals surface area contributed by atoms with Crippen LogP contribution in [0.1, 0.15) is 26.3 Å². The molecule has 3 aromatic rings. The minimum Gasteiger partial charge on any atom is -0.493 e. The van der Waals surface area contributed by atoms with Crippen molar-refractivity contribution in [2.75, 3.05) is 14.2 Å². The van der Waals surface area contributed by atoms with E-state index in [1.54, 1.807) is 48.5 Å².